The number of non-ortho nitro benzene ring substituents is 1. The van der Waals surface area contributed by atoms with Crippen molar-refractivity contribution < 1.29 is 19.2 Å². The van der Waals surface area contributed by atoms with Gasteiger partial charge in [0.25, 0.3) is 5.69 Å². The van der Waals surface area contributed by atoms with Gasteiger partial charge in [0, 0.05) is 23.7 Å². The van der Waals surface area contributed by atoms with E-state index >= 15 is 0 Å². The van der Waals surface area contributed by atoms with Crippen LogP contribution in [0.25, 0.3) is 0 Å². The lowest BCUT2D eigenvalue weighted by atomic mass is 9.94. The Labute approximate surface area is 160 Å². The summed E-state index contributed by atoms with van der Waals surface area (Å²) in [6.45, 7) is 0.356. The largest absolute Gasteiger partial charge is 0.457 e. The van der Waals surface area contributed by atoms with Crippen LogP contribution in [0.1, 0.15) is 23.7 Å². The molecular formula is C19H17ClN2O5. The molecule has 1 aliphatic rings. The molecule has 3 rings (SSSR count). The van der Waals surface area contributed by atoms with Crippen molar-refractivity contribution in [1.82, 2.24) is 5.32 Å². The number of amides is 1. The first kappa shape index (κ1) is 18.8. The minimum Gasteiger partial charge on any atom is -0.457 e. The van der Waals surface area contributed by atoms with Gasteiger partial charge < -0.3 is 10.1 Å². The Hall–Kier alpha value is -2.93. The summed E-state index contributed by atoms with van der Waals surface area (Å²) in [4.78, 5) is 34.4. The number of halogens is 1. The Bertz CT molecular complexity index is 851. The maximum absolute atomic E-state index is 12.5. The van der Waals surface area contributed by atoms with Crippen LogP contribution in [-0.2, 0) is 20.7 Å². The highest BCUT2D eigenvalue weighted by Crippen LogP contribution is 2.35. The van der Waals surface area contributed by atoms with Crippen molar-refractivity contribution in [3.63, 3.8) is 0 Å². The second-order valence-corrected chi connectivity index (χ2v) is 6.67. The molecule has 0 saturated carbocycles. The normalized spacial score (nSPS) is 18.8. The molecule has 7 nitrogen and oxygen atoms in total. The Balaban J connectivity index is 1.58. The summed E-state index contributed by atoms with van der Waals surface area (Å²) in [6.07, 6.45) is -0.0813. The maximum atomic E-state index is 12.5. The fraction of sp³-hybridized carbons (Fsp3) is 0.263. The van der Waals surface area contributed by atoms with Crippen molar-refractivity contribution in [1.29, 1.82) is 0 Å². The number of esters is 1. The lowest BCUT2D eigenvalue weighted by molar-refractivity contribution is -0.384. The van der Waals surface area contributed by atoms with Crippen molar-refractivity contribution in [2.75, 3.05) is 6.54 Å². The standard InChI is InChI=1S/C19H17ClN2O5/c20-14-5-3-13(4-6-14)18-16(11-17(23)27-18)19(24)21-10-9-12-1-7-15(8-2-12)22(25)26/h1-8,16,18H,9-11H2,(H,21,24)/t16-,18?/m0/s1. The molecule has 1 aliphatic heterocycles. The van der Waals surface area contributed by atoms with Gasteiger partial charge in [0.1, 0.15) is 6.10 Å². The SMILES string of the molecule is O=C1C[C@H](C(=O)NCCc2ccc([N+](=O)[O-])cc2)C(c2ccc(Cl)cc2)O1. The molecule has 27 heavy (non-hydrogen) atoms. The molecule has 0 radical (unpaired) electrons. The summed E-state index contributed by atoms with van der Waals surface area (Å²) >= 11 is 5.88. The number of ether oxygens (including phenoxy) is 1. The van der Waals surface area contributed by atoms with Crippen LogP contribution in [0.4, 0.5) is 5.69 Å². The van der Waals surface area contributed by atoms with Crippen LogP contribution in [-0.4, -0.2) is 23.3 Å². The molecule has 0 aromatic heterocycles. The van der Waals surface area contributed by atoms with Gasteiger partial charge in [0.15, 0.2) is 0 Å². The smallest absolute Gasteiger partial charge is 0.307 e. The number of nitrogens with zero attached hydrogens (tertiary/aromatic N) is 1. The molecule has 1 fully saturated rings. The molecule has 1 amide bonds. The minimum absolute atomic E-state index is 0.0233. The number of hydrogen-bond donors (Lipinski definition) is 1. The number of nitro benzene ring substituents is 1. The summed E-state index contributed by atoms with van der Waals surface area (Å²) in [5.74, 6) is -1.27. The summed E-state index contributed by atoms with van der Waals surface area (Å²) in [5.41, 5.74) is 1.62. The van der Waals surface area contributed by atoms with E-state index in [1.807, 2.05) is 0 Å². The second-order valence-electron chi connectivity index (χ2n) is 6.24. The second kappa shape index (κ2) is 8.18. The lowest BCUT2D eigenvalue weighted by Crippen LogP contribution is -2.33. The molecule has 1 unspecified atom stereocenters. The number of carbonyl (C=O) groups excluding carboxylic acids is 2. The molecule has 1 saturated heterocycles. The van der Waals surface area contributed by atoms with Crippen LogP contribution in [0.2, 0.25) is 5.02 Å². The van der Waals surface area contributed by atoms with Gasteiger partial charge in [-0.2, -0.15) is 0 Å². The van der Waals surface area contributed by atoms with Crippen molar-refractivity contribution >= 4 is 29.2 Å². The molecule has 1 heterocycles. The molecular weight excluding hydrogens is 372 g/mol. The molecule has 0 spiro atoms. The number of benzene rings is 2. The van der Waals surface area contributed by atoms with Crippen molar-refractivity contribution in [2.24, 2.45) is 5.92 Å². The van der Waals surface area contributed by atoms with E-state index in [1.54, 1.807) is 36.4 Å². The van der Waals surface area contributed by atoms with E-state index in [2.05, 4.69) is 5.32 Å². The Morgan fingerprint density at radius 2 is 1.85 bits per heavy atom. The van der Waals surface area contributed by atoms with Gasteiger partial charge in [-0.25, -0.2) is 0 Å². The molecule has 2 atom stereocenters. The van der Waals surface area contributed by atoms with Gasteiger partial charge in [-0.1, -0.05) is 35.9 Å². The molecule has 0 aliphatic carbocycles. The Morgan fingerprint density at radius 3 is 2.48 bits per heavy atom. The highest BCUT2D eigenvalue weighted by atomic mass is 35.5. The van der Waals surface area contributed by atoms with Gasteiger partial charge in [0.2, 0.25) is 5.91 Å². The predicted molar refractivity (Wildman–Crippen MR) is 98.2 cm³/mol. The van der Waals surface area contributed by atoms with Crippen LogP contribution in [0.3, 0.4) is 0 Å². The monoisotopic (exact) mass is 388 g/mol. The van der Waals surface area contributed by atoms with Crippen LogP contribution in [0, 0.1) is 16.0 Å². The average molecular weight is 389 g/mol. The summed E-state index contributed by atoms with van der Waals surface area (Å²) in [7, 11) is 0. The van der Waals surface area contributed by atoms with E-state index in [1.165, 1.54) is 12.1 Å². The van der Waals surface area contributed by atoms with E-state index < -0.39 is 22.9 Å². The highest BCUT2D eigenvalue weighted by Gasteiger charge is 2.40. The van der Waals surface area contributed by atoms with Gasteiger partial charge in [-0.3, -0.25) is 19.7 Å². The minimum atomic E-state index is -0.630. The third-order valence-corrected chi connectivity index (χ3v) is 4.66. The molecule has 1 N–H and O–H groups in total. The van der Waals surface area contributed by atoms with Gasteiger partial charge in [-0.05, 0) is 29.7 Å². The van der Waals surface area contributed by atoms with Crippen LogP contribution < -0.4 is 5.32 Å². The predicted octanol–water partition coefficient (Wildman–Crippen LogP) is 3.21. The van der Waals surface area contributed by atoms with E-state index in [-0.39, 0.29) is 18.0 Å². The van der Waals surface area contributed by atoms with Gasteiger partial charge in [0.05, 0.1) is 17.3 Å². The van der Waals surface area contributed by atoms with Crippen molar-refractivity contribution in [3.8, 4) is 0 Å². The summed E-state index contributed by atoms with van der Waals surface area (Å²) < 4.78 is 5.31. The highest BCUT2D eigenvalue weighted by molar-refractivity contribution is 6.30. The summed E-state index contributed by atoms with van der Waals surface area (Å²) in [5, 5.41) is 14.0. The zero-order valence-electron chi connectivity index (χ0n) is 14.3. The number of cyclic esters (lactones) is 1. The molecule has 2 aromatic rings. The fourth-order valence-electron chi connectivity index (χ4n) is 2.99. The Morgan fingerprint density at radius 1 is 1.19 bits per heavy atom. The molecule has 2 aromatic carbocycles. The van der Waals surface area contributed by atoms with Gasteiger partial charge in [-0.15, -0.1) is 0 Å². The van der Waals surface area contributed by atoms with Crippen LogP contribution in [0.5, 0.6) is 0 Å². The fourth-order valence-corrected chi connectivity index (χ4v) is 3.11. The number of carbonyl (C=O) groups is 2. The molecule has 0 bridgehead atoms. The first-order valence-corrected chi connectivity index (χ1v) is 8.78. The van der Waals surface area contributed by atoms with Crippen molar-refractivity contribution in [3.05, 3.63) is 74.8 Å². The van der Waals surface area contributed by atoms with E-state index in [0.29, 0.717) is 18.0 Å². The topological polar surface area (TPSA) is 98.5 Å². The number of hydrogen-bond acceptors (Lipinski definition) is 5. The zero-order valence-corrected chi connectivity index (χ0v) is 15.0. The molecule has 140 valence electrons. The maximum Gasteiger partial charge on any atom is 0.307 e. The number of rotatable bonds is 6. The van der Waals surface area contributed by atoms with Crippen molar-refractivity contribution in [2.45, 2.75) is 18.9 Å². The quantitative estimate of drug-likeness (QED) is 0.465. The van der Waals surface area contributed by atoms with E-state index in [9.17, 15) is 19.7 Å². The third kappa shape index (κ3) is 4.62. The summed E-state index contributed by atoms with van der Waals surface area (Å²) in [6, 6.07) is 13.0. The Kier molecular flexibility index (Phi) is 5.71. The number of nitro groups is 1. The number of nitrogens with one attached hydrogen (secondary N) is 1. The lowest BCUT2D eigenvalue weighted by Gasteiger charge is -2.17. The average Bonchev–Trinajstić information content (AvgIpc) is 3.04. The van der Waals surface area contributed by atoms with E-state index in [0.717, 1.165) is 11.1 Å². The van der Waals surface area contributed by atoms with Gasteiger partial charge >= 0.3 is 5.97 Å². The zero-order chi connectivity index (χ0) is 19.4. The van der Waals surface area contributed by atoms with Crippen LogP contribution >= 0.6 is 11.6 Å². The van der Waals surface area contributed by atoms with Crippen LogP contribution in [0.15, 0.2) is 48.5 Å². The first-order valence-electron chi connectivity index (χ1n) is 8.40. The molecule has 8 heteroatoms. The van der Waals surface area contributed by atoms with E-state index in [4.69, 9.17) is 16.3 Å². The first-order chi connectivity index (χ1) is 12.9. The third-order valence-electron chi connectivity index (χ3n) is 4.41.